The molecule has 1 N–H and O–H groups in total. The third-order valence-corrected chi connectivity index (χ3v) is 6.16. The number of thiazole rings is 1. The van der Waals surface area contributed by atoms with Gasteiger partial charge in [-0.3, -0.25) is 14.5 Å². The van der Waals surface area contributed by atoms with E-state index >= 15 is 0 Å². The second kappa shape index (κ2) is 8.35. The molecule has 7 heteroatoms. The highest BCUT2D eigenvalue weighted by atomic mass is 32.1. The molecule has 1 aromatic heterocycles. The van der Waals surface area contributed by atoms with Crippen LogP contribution in [0.2, 0.25) is 0 Å². The lowest BCUT2D eigenvalue weighted by Crippen LogP contribution is -2.31. The molecule has 1 unspecified atom stereocenters. The molecule has 0 spiro atoms. The van der Waals surface area contributed by atoms with Crippen LogP contribution in [0.1, 0.15) is 38.9 Å². The van der Waals surface area contributed by atoms with Crippen molar-refractivity contribution in [3.05, 3.63) is 87.1 Å². The number of ketones is 1. The average Bonchev–Trinajstić information content (AvgIpc) is 3.24. The van der Waals surface area contributed by atoms with E-state index in [1.54, 1.807) is 31.2 Å². The van der Waals surface area contributed by atoms with Crippen molar-refractivity contribution in [2.24, 2.45) is 0 Å². The molecule has 158 valence electrons. The molecular weight excluding hydrogens is 412 g/mol. The Kier molecular flexibility index (Phi) is 5.61. The highest BCUT2D eigenvalue weighted by Gasteiger charge is 2.45. The molecule has 0 fully saturated rings. The van der Waals surface area contributed by atoms with Crippen LogP contribution in [0.15, 0.2) is 65.9 Å². The Hall–Kier alpha value is -3.45. The second-order valence-corrected chi connectivity index (χ2v) is 8.36. The third-order valence-electron chi connectivity index (χ3n) is 5.08. The van der Waals surface area contributed by atoms with Crippen molar-refractivity contribution in [2.45, 2.75) is 26.8 Å². The normalized spacial score (nSPS) is 16.2. The maximum Gasteiger partial charge on any atom is 0.294 e. The van der Waals surface area contributed by atoms with Gasteiger partial charge in [-0.1, -0.05) is 36.4 Å². The molecule has 0 aliphatic carbocycles. The summed E-state index contributed by atoms with van der Waals surface area (Å²) < 4.78 is 5.58. The number of carbonyl (C=O) groups excluding carboxylic acids is 2. The number of Topliss-reactive ketones (excluding diaryl/α,β-unsaturated/α-hetero) is 1. The second-order valence-electron chi connectivity index (χ2n) is 7.16. The number of carbonyl (C=O) groups is 2. The molecular formula is C24H22N2O4S. The number of nitrogens with zero attached hydrogens (tertiary/aromatic N) is 2. The van der Waals surface area contributed by atoms with Gasteiger partial charge in [0.2, 0.25) is 5.78 Å². The molecule has 31 heavy (non-hydrogen) atoms. The van der Waals surface area contributed by atoms with E-state index in [0.29, 0.717) is 28.6 Å². The van der Waals surface area contributed by atoms with E-state index < -0.39 is 17.7 Å². The van der Waals surface area contributed by atoms with Crippen LogP contribution in [0.4, 0.5) is 5.69 Å². The molecule has 0 saturated heterocycles. The third kappa shape index (κ3) is 3.72. The molecule has 1 aliphatic rings. The number of amides is 1. The topological polar surface area (TPSA) is 79.7 Å². The minimum Gasteiger partial charge on any atom is -0.503 e. The highest BCUT2D eigenvalue weighted by molar-refractivity contribution is 7.14. The van der Waals surface area contributed by atoms with Crippen LogP contribution in [-0.2, 0) is 4.79 Å². The average molecular weight is 435 g/mol. The quantitative estimate of drug-likeness (QED) is 0.556. The number of benzene rings is 2. The van der Waals surface area contributed by atoms with Crippen molar-refractivity contribution in [1.29, 1.82) is 0 Å². The predicted octanol–water partition coefficient (Wildman–Crippen LogP) is 4.94. The zero-order valence-electron chi connectivity index (χ0n) is 17.5. The first-order valence-electron chi connectivity index (χ1n) is 9.95. The smallest absolute Gasteiger partial charge is 0.294 e. The van der Waals surface area contributed by atoms with Crippen molar-refractivity contribution in [3.63, 3.8) is 0 Å². The van der Waals surface area contributed by atoms with Gasteiger partial charge < -0.3 is 9.84 Å². The van der Waals surface area contributed by atoms with Crippen molar-refractivity contribution in [3.8, 4) is 5.75 Å². The maximum atomic E-state index is 13.5. The van der Waals surface area contributed by atoms with Gasteiger partial charge in [-0.05, 0) is 38.5 Å². The number of hydrogen-bond donors (Lipinski definition) is 1. The lowest BCUT2D eigenvalue weighted by molar-refractivity contribution is -0.117. The molecule has 0 radical (unpaired) electrons. The summed E-state index contributed by atoms with van der Waals surface area (Å²) in [5.74, 6) is -0.935. The van der Waals surface area contributed by atoms with Crippen molar-refractivity contribution in [1.82, 2.24) is 4.98 Å². The monoisotopic (exact) mass is 434 g/mol. The summed E-state index contributed by atoms with van der Waals surface area (Å²) in [6.07, 6.45) is 0. The lowest BCUT2D eigenvalue weighted by Gasteiger charge is -2.27. The Balaban J connectivity index is 1.86. The Morgan fingerprint density at radius 2 is 1.90 bits per heavy atom. The van der Waals surface area contributed by atoms with Gasteiger partial charge >= 0.3 is 0 Å². The van der Waals surface area contributed by atoms with Gasteiger partial charge in [0.05, 0.1) is 33.8 Å². The Morgan fingerprint density at radius 3 is 2.55 bits per heavy atom. The number of aliphatic hydroxyl groups excluding tert-OH is 1. The van der Waals surface area contributed by atoms with Crippen LogP contribution in [0, 0.1) is 13.8 Å². The molecule has 1 amide bonds. The summed E-state index contributed by atoms with van der Waals surface area (Å²) in [5, 5.41) is 11.6. The largest absolute Gasteiger partial charge is 0.503 e. The van der Waals surface area contributed by atoms with E-state index in [9.17, 15) is 14.7 Å². The first-order valence-corrected chi connectivity index (χ1v) is 10.8. The molecule has 2 aromatic carbocycles. The number of aromatic nitrogens is 1. The number of ether oxygens (including phenoxy) is 1. The van der Waals surface area contributed by atoms with Crippen LogP contribution in [0.3, 0.4) is 0 Å². The fourth-order valence-corrected chi connectivity index (χ4v) is 4.68. The number of rotatable bonds is 6. The highest BCUT2D eigenvalue weighted by Crippen LogP contribution is 2.43. The van der Waals surface area contributed by atoms with E-state index in [4.69, 9.17) is 4.74 Å². The van der Waals surface area contributed by atoms with Gasteiger partial charge in [-0.15, -0.1) is 11.3 Å². The van der Waals surface area contributed by atoms with E-state index in [1.165, 1.54) is 16.2 Å². The minimum absolute atomic E-state index is 0.0600. The van der Waals surface area contributed by atoms with Gasteiger partial charge in [0.15, 0.2) is 5.76 Å². The Labute approximate surface area is 184 Å². The number of anilines is 1. The van der Waals surface area contributed by atoms with Crippen molar-refractivity contribution >= 4 is 28.7 Å². The van der Waals surface area contributed by atoms with Crippen LogP contribution in [0.25, 0.3) is 0 Å². The summed E-state index contributed by atoms with van der Waals surface area (Å²) in [5.41, 5.74) is 1.91. The molecule has 0 bridgehead atoms. The maximum absolute atomic E-state index is 13.5. The molecule has 4 rings (SSSR count). The Bertz CT molecular complexity index is 1180. The Morgan fingerprint density at radius 1 is 1.16 bits per heavy atom. The summed E-state index contributed by atoms with van der Waals surface area (Å²) >= 11 is 1.26. The van der Waals surface area contributed by atoms with E-state index in [-0.39, 0.29) is 11.4 Å². The molecule has 0 saturated carbocycles. The van der Waals surface area contributed by atoms with E-state index in [1.807, 2.05) is 44.2 Å². The molecule has 2 heterocycles. The summed E-state index contributed by atoms with van der Waals surface area (Å²) in [6, 6.07) is 15.5. The molecule has 6 nitrogen and oxygen atoms in total. The van der Waals surface area contributed by atoms with Crippen LogP contribution >= 0.6 is 11.3 Å². The van der Waals surface area contributed by atoms with Gasteiger partial charge in [-0.25, -0.2) is 4.98 Å². The number of hydrogen-bond acceptors (Lipinski definition) is 6. The van der Waals surface area contributed by atoms with Gasteiger partial charge in [-0.2, -0.15) is 0 Å². The van der Waals surface area contributed by atoms with Gasteiger partial charge in [0.25, 0.3) is 5.91 Å². The summed E-state index contributed by atoms with van der Waals surface area (Å²) in [7, 11) is 0. The summed E-state index contributed by atoms with van der Waals surface area (Å²) in [6.45, 7) is 5.94. The standard InChI is InChI=1S/C24H22N2O4S/c1-4-30-18-12-8-11-17(13-18)26-20(16-9-6-5-7-10-16)19(22(28)24(26)29)21(27)23-14(2)25-15(3)31-23/h5-13,20,28H,4H2,1-3H3. The predicted molar refractivity (Wildman–Crippen MR) is 120 cm³/mol. The van der Waals surface area contributed by atoms with Crippen LogP contribution < -0.4 is 9.64 Å². The minimum atomic E-state index is -0.764. The van der Waals surface area contributed by atoms with Crippen LogP contribution in [0.5, 0.6) is 5.75 Å². The zero-order valence-corrected chi connectivity index (χ0v) is 18.3. The van der Waals surface area contributed by atoms with Crippen molar-refractivity contribution in [2.75, 3.05) is 11.5 Å². The van der Waals surface area contributed by atoms with E-state index in [0.717, 1.165) is 10.6 Å². The summed E-state index contributed by atoms with van der Waals surface area (Å²) in [4.78, 5) is 32.9. The SMILES string of the molecule is CCOc1cccc(N2C(=O)C(O)=C(C(=O)c3sc(C)nc3C)C2c2ccccc2)c1. The fourth-order valence-electron chi connectivity index (χ4n) is 3.81. The fraction of sp³-hybridized carbons (Fsp3) is 0.208. The molecule has 1 aliphatic heterocycles. The number of aliphatic hydroxyl groups is 1. The zero-order chi connectivity index (χ0) is 22.1. The lowest BCUT2D eigenvalue weighted by atomic mass is 9.95. The van der Waals surface area contributed by atoms with Gasteiger partial charge in [0.1, 0.15) is 5.75 Å². The number of aryl methyl sites for hydroxylation is 2. The molecule has 3 aromatic rings. The first kappa shape index (κ1) is 20.8. The van der Waals surface area contributed by atoms with Crippen LogP contribution in [-0.4, -0.2) is 28.4 Å². The van der Waals surface area contributed by atoms with E-state index in [2.05, 4.69) is 4.98 Å². The van der Waals surface area contributed by atoms with Crippen molar-refractivity contribution < 1.29 is 19.4 Å². The van der Waals surface area contributed by atoms with Gasteiger partial charge in [0, 0.05) is 11.8 Å². The first-order chi connectivity index (χ1) is 14.9. The molecule has 1 atom stereocenters.